The Labute approximate surface area is 145 Å². The second-order valence-electron chi connectivity index (χ2n) is 5.85. The fraction of sp³-hybridized carbons (Fsp3) is 0.167. The molecular formula is C18H19N5O2. The molecule has 1 aliphatic heterocycles. The molecule has 1 aromatic heterocycles. The molecule has 0 aliphatic carbocycles. The molecule has 0 unspecified atom stereocenters. The van der Waals surface area contributed by atoms with Gasteiger partial charge in [-0.3, -0.25) is 9.79 Å². The number of aliphatic imine (C=N–C) groups is 1. The summed E-state index contributed by atoms with van der Waals surface area (Å²) in [4.78, 5) is 29.7. The van der Waals surface area contributed by atoms with Gasteiger partial charge in [-0.1, -0.05) is 0 Å². The average Bonchev–Trinajstić information content (AvgIpc) is 3.18. The van der Waals surface area contributed by atoms with Crippen molar-refractivity contribution in [1.82, 2.24) is 10.3 Å². The largest absolute Gasteiger partial charge is 0.361 e. The van der Waals surface area contributed by atoms with E-state index in [0.29, 0.717) is 12.2 Å². The molecule has 3 rings (SSSR count). The van der Waals surface area contributed by atoms with Gasteiger partial charge in [0.2, 0.25) is 5.91 Å². The van der Waals surface area contributed by atoms with Gasteiger partial charge >= 0.3 is 6.03 Å². The summed E-state index contributed by atoms with van der Waals surface area (Å²) in [6.07, 6.45) is 3.68. The molecule has 128 valence electrons. The Hall–Kier alpha value is -3.35. The van der Waals surface area contributed by atoms with Gasteiger partial charge in [0.1, 0.15) is 0 Å². The van der Waals surface area contributed by atoms with Crippen LogP contribution in [0.5, 0.6) is 0 Å². The number of primary amides is 1. The topological polar surface area (TPSA) is 112 Å². The number of carbonyl (C=O) groups is 2. The standard InChI is InChI=1S/C18H19N5O2/c1-10(17-5-12(8-21-17)7-20-11(2)24)15-9-22-16-4-3-13(6-14(15)16)23-18(19)25/h3-6,8-9,21H,7H2,1-2H3,(H,20,24)(H3,19,23,25). The lowest BCUT2D eigenvalue weighted by atomic mass is 9.99. The van der Waals surface area contributed by atoms with Gasteiger partial charge in [0.25, 0.3) is 0 Å². The first-order valence-corrected chi connectivity index (χ1v) is 7.82. The highest BCUT2D eigenvalue weighted by Gasteiger charge is 2.17. The molecule has 0 atom stereocenters. The third-order valence-corrected chi connectivity index (χ3v) is 3.98. The lowest BCUT2D eigenvalue weighted by Gasteiger charge is -2.08. The van der Waals surface area contributed by atoms with Crippen LogP contribution in [-0.2, 0) is 11.3 Å². The Kier molecular flexibility index (Phi) is 4.38. The van der Waals surface area contributed by atoms with E-state index in [9.17, 15) is 9.59 Å². The Balaban J connectivity index is 1.90. The molecule has 0 fully saturated rings. The van der Waals surface area contributed by atoms with Gasteiger partial charge < -0.3 is 21.4 Å². The minimum Gasteiger partial charge on any atom is -0.361 e. The van der Waals surface area contributed by atoms with Crippen molar-refractivity contribution in [3.8, 4) is 0 Å². The molecule has 25 heavy (non-hydrogen) atoms. The Morgan fingerprint density at radius 3 is 2.76 bits per heavy atom. The summed E-state index contributed by atoms with van der Waals surface area (Å²) in [7, 11) is 0. The lowest BCUT2D eigenvalue weighted by Crippen LogP contribution is -2.19. The average molecular weight is 337 g/mol. The number of hydrogen-bond acceptors (Lipinski definition) is 3. The second-order valence-corrected chi connectivity index (χ2v) is 5.85. The Bertz CT molecular complexity index is 908. The van der Waals surface area contributed by atoms with Crippen LogP contribution < -0.4 is 16.4 Å². The maximum atomic E-state index is 11.1. The molecule has 1 aliphatic rings. The van der Waals surface area contributed by atoms with E-state index in [0.717, 1.165) is 33.7 Å². The normalized spacial score (nSPS) is 14.2. The van der Waals surface area contributed by atoms with E-state index in [1.807, 2.05) is 37.5 Å². The number of nitrogens with two attached hydrogens (primary N) is 1. The van der Waals surface area contributed by atoms with Gasteiger partial charge in [-0.25, -0.2) is 4.79 Å². The molecule has 2 aromatic rings. The Morgan fingerprint density at radius 2 is 2.04 bits per heavy atom. The van der Waals surface area contributed by atoms with E-state index >= 15 is 0 Å². The van der Waals surface area contributed by atoms with Gasteiger partial charge in [-0.05, 0) is 42.3 Å². The maximum Gasteiger partial charge on any atom is 0.316 e. The van der Waals surface area contributed by atoms with Gasteiger partial charge in [0.15, 0.2) is 0 Å². The van der Waals surface area contributed by atoms with E-state index in [4.69, 9.17) is 5.73 Å². The summed E-state index contributed by atoms with van der Waals surface area (Å²) in [5.41, 5.74) is 11.5. The van der Waals surface area contributed by atoms with E-state index in [2.05, 4.69) is 20.6 Å². The molecule has 5 N–H and O–H groups in total. The van der Waals surface area contributed by atoms with Crippen molar-refractivity contribution < 1.29 is 9.59 Å². The minimum absolute atomic E-state index is 0.0656. The van der Waals surface area contributed by atoms with Crippen molar-refractivity contribution in [2.24, 2.45) is 10.7 Å². The number of allylic oxidation sites excluding steroid dienone is 2. The third-order valence-electron chi connectivity index (χ3n) is 3.98. The van der Waals surface area contributed by atoms with E-state index in [-0.39, 0.29) is 5.91 Å². The minimum atomic E-state index is -0.604. The van der Waals surface area contributed by atoms with Crippen molar-refractivity contribution in [2.45, 2.75) is 20.4 Å². The van der Waals surface area contributed by atoms with E-state index < -0.39 is 6.03 Å². The van der Waals surface area contributed by atoms with Gasteiger partial charge in [-0.15, -0.1) is 0 Å². The number of anilines is 1. The van der Waals surface area contributed by atoms with Crippen LogP contribution in [-0.4, -0.2) is 23.1 Å². The fourth-order valence-corrected chi connectivity index (χ4v) is 2.72. The molecule has 0 saturated heterocycles. The van der Waals surface area contributed by atoms with Crippen molar-refractivity contribution >= 4 is 40.7 Å². The molecule has 0 bridgehead atoms. The lowest BCUT2D eigenvalue weighted by molar-refractivity contribution is -0.119. The number of benzene rings is 1. The predicted octanol–water partition coefficient (Wildman–Crippen LogP) is 2.79. The quantitative estimate of drug-likeness (QED) is 0.687. The molecule has 0 spiro atoms. The van der Waals surface area contributed by atoms with Crippen LogP contribution in [0.3, 0.4) is 0 Å². The van der Waals surface area contributed by atoms with Crippen LogP contribution >= 0.6 is 0 Å². The van der Waals surface area contributed by atoms with E-state index in [1.54, 1.807) is 6.07 Å². The van der Waals surface area contributed by atoms with Crippen molar-refractivity contribution in [3.63, 3.8) is 0 Å². The SMILES string of the molecule is CC(=O)NCc1c[nH]c(C(C)=C2C=Nc3ccc(NC(N)=O)cc32)c1. The number of rotatable bonds is 4. The first-order chi connectivity index (χ1) is 11.9. The number of aromatic nitrogens is 1. The number of amides is 3. The molecule has 0 saturated carbocycles. The summed E-state index contributed by atoms with van der Waals surface area (Å²) < 4.78 is 0. The van der Waals surface area contributed by atoms with Gasteiger partial charge in [0.05, 0.1) is 5.69 Å². The smallest absolute Gasteiger partial charge is 0.316 e. The molecule has 0 radical (unpaired) electrons. The van der Waals surface area contributed by atoms with Crippen LogP contribution in [0.1, 0.15) is 30.7 Å². The van der Waals surface area contributed by atoms with Gasteiger partial charge in [-0.2, -0.15) is 0 Å². The van der Waals surface area contributed by atoms with Crippen LogP contribution in [0.4, 0.5) is 16.2 Å². The number of aromatic amines is 1. The number of H-pyrrole nitrogens is 1. The number of fused-ring (bicyclic) bond motifs is 1. The van der Waals surface area contributed by atoms with Gasteiger partial charge in [0, 0.05) is 48.4 Å². The summed E-state index contributed by atoms with van der Waals surface area (Å²) in [5.74, 6) is -0.0656. The molecule has 7 nitrogen and oxygen atoms in total. The van der Waals surface area contributed by atoms with Crippen LogP contribution in [0.2, 0.25) is 0 Å². The summed E-state index contributed by atoms with van der Waals surface area (Å²) in [6.45, 7) is 3.97. The van der Waals surface area contributed by atoms with E-state index in [1.165, 1.54) is 6.92 Å². The van der Waals surface area contributed by atoms with Crippen molar-refractivity contribution in [2.75, 3.05) is 5.32 Å². The number of hydrogen-bond donors (Lipinski definition) is 4. The predicted molar refractivity (Wildman–Crippen MR) is 98.6 cm³/mol. The first-order valence-electron chi connectivity index (χ1n) is 7.82. The first kappa shape index (κ1) is 16.5. The zero-order chi connectivity index (χ0) is 18.0. The summed E-state index contributed by atoms with van der Waals surface area (Å²) in [5, 5.41) is 5.35. The summed E-state index contributed by atoms with van der Waals surface area (Å²) in [6, 6.07) is 6.85. The zero-order valence-corrected chi connectivity index (χ0v) is 14.0. The highest BCUT2D eigenvalue weighted by Crippen LogP contribution is 2.37. The van der Waals surface area contributed by atoms with Crippen molar-refractivity contribution in [1.29, 1.82) is 0 Å². The summed E-state index contributed by atoms with van der Waals surface area (Å²) >= 11 is 0. The molecule has 7 heteroatoms. The van der Waals surface area contributed by atoms with Crippen LogP contribution in [0.25, 0.3) is 11.1 Å². The molecule has 1 aromatic carbocycles. The highest BCUT2D eigenvalue weighted by atomic mass is 16.2. The number of urea groups is 1. The van der Waals surface area contributed by atoms with Crippen LogP contribution in [0.15, 0.2) is 35.5 Å². The molecule has 3 amide bonds. The molecular weight excluding hydrogens is 318 g/mol. The molecule has 2 heterocycles. The number of nitrogens with zero attached hydrogens (tertiary/aromatic N) is 1. The third kappa shape index (κ3) is 3.60. The van der Waals surface area contributed by atoms with Crippen molar-refractivity contribution in [3.05, 3.63) is 47.3 Å². The number of carbonyl (C=O) groups excluding carboxylic acids is 2. The maximum absolute atomic E-state index is 11.1. The Morgan fingerprint density at radius 1 is 1.24 bits per heavy atom. The second kappa shape index (κ2) is 6.64. The fourth-order valence-electron chi connectivity index (χ4n) is 2.72. The monoisotopic (exact) mass is 337 g/mol. The zero-order valence-electron chi connectivity index (χ0n) is 14.0. The van der Waals surface area contributed by atoms with Crippen LogP contribution in [0, 0.1) is 0 Å². The number of nitrogens with one attached hydrogen (secondary N) is 3. The highest BCUT2D eigenvalue weighted by molar-refractivity contribution is 6.24.